The van der Waals surface area contributed by atoms with Crippen LogP contribution in [-0.2, 0) is 0 Å². The summed E-state index contributed by atoms with van der Waals surface area (Å²) in [6.07, 6.45) is 7.20. The lowest BCUT2D eigenvalue weighted by Gasteiger charge is -1.96. The molecule has 12 heavy (non-hydrogen) atoms. The van der Waals surface area contributed by atoms with Gasteiger partial charge in [0.1, 0.15) is 0 Å². The highest BCUT2D eigenvalue weighted by atomic mass is 14.7. The van der Waals surface area contributed by atoms with Crippen LogP contribution < -0.4 is 0 Å². The minimum absolute atomic E-state index is 0.899. The first-order valence-corrected chi connectivity index (χ1v) is 3.74. The molecule has 1 aromatic heterocycles. The largest absolute Gasteiger partial charge is 0.256 e. The first kappa shape index (κ1) is 8.47. The van der Waals surface area contributed by atoms with E-state index >= 15 is 0 Å². The van der Waals surface area contributed by atoms with Crippen molar-refractivity contribution >= 4 is 5.57 Å². The van der Waals surface area contributed by atoms with Crippen LogP contribution in [0.4, 0.5) is 0 Å². The van der Waals surface area contributed by atoms with E-state index in [2.05, 4.69) is 18.1 Å². The molecule has 0 aliphatic heterocycles. The van der Waals surface area contributed by atoms with E-state index in [0.717, 1.165) is 11.3 Å². The molecule has 0 saturated heterocycles. The minimum atomic E-state index is 0.899. The molecule has 1 nitrogen and oxygen atoms in total. The summed E-state index contributed by atoms with van der Waals surface area (Å²) in [4.78, 5) is 4.15. The smallest absolute Gasteiger partial charge is 0.0695 e. The van der Waals surface area contributed by atoms with Gasteiger partial charge in [0.15, 0.2) is 0 Å². The highest BCUT2D eigenvalue weighted by molar-refractivity contribution is 5.69. The average molecular weight is 157 g/mol. The fourth-order valence-electron chi connectivity index (χ4n) is 0.822. The van der Waals surface area contributed by atoms with Crippen LogP contribution in [0.1, 0.15) is 5.69 Å². The molecule has 0 N–H and O–H groups in total. The normalized spacial score (nSPS) is 10.0. The Morgan fingerprint density at radius 3 is 2.83 bits per heavy atom. The predicted octanol–water partition coefficient (Wildman–Crippen LogP) is 2.84. The van der Waals surface area contributed by atoms with Gasteiger partial charge in [0, 0.05) is 6.20 Å². The van der Waals surface area contributed by atoms with E-state index in [9.17, 15) is 0 Å². The van der Waals surface area contributed by atoms with Gasteiger partial charge in [0.2, 0.25) is 0 Å². The summed E-state index contributed by atoms with van der Waals surface area (Å²) in [6, 6.07) is 5.75. The van der Waals surface area contributed by atoms with E-state index < -0.39 is 0 Å². The van der Waals surface area contributed by atoms with Gasteiger partial charge < -0.3 is 0 Å². The predicted molar refractivity (Wildman–Crippen MR) is 52.6 cm³/mol. The Morgan fingerprint density at radius 1 is 1.42 bits per heavy atom. The summed E-state index contributed by atoms with van der Waals surface area (Å²) in [5.41, 5.74) is 1.80. The number of allylic oxidation sites excluding steroid dienone is 4. The minimum Gasteiger partial charge on any atom is -0.256 e. The first-order valence-electron chi connectivity index (χ1n) is 3.74. The number of pyridine rings is 1. The molecule has 1 heterocycles. The van der Waals surface area contributed by atoms with Crippen LogP contribution in [0.5, 0.6) is 0 Å². The van der Waals surface area contributed by atoms with Crippen LogP contribution in [0.3, 0.4) is 0 Å². The van der Waals surface area contributed by atoms with Crippen molar-refractivity contribution in [1.82, 2.24) is 4.98 Å². The zero-order valence-electron chi connectivity index (χ0n) is 6.90. The summed E-state index contributed by atoms with van der Waals surface area (Å²) >= 11 is 0. The molecule has 0 amide bonds. The zero-order chi connectivity index (χ0) is 8.81. The van der Waals surface area contributed by atoms with Crippen LogP contribution in [-0.4, -0.2) is 4.98 Å². The van der Waals surface area contributed by atoms with E-state index in [0.29, 0.717) is 0 Å². The third-order valence-corrected chi connectivity index (χ3v) is 1.43. The highest BCUT2D eigenvalue weighted by Crippen LogP contribution is 2.08. The van der Waals surface area contributed by atoms with Crippen molar-refractivity contribution in [1.29, 1.82) is 0 Å². The van der Waals surface area contributed by atoms with Crippen molar-refractivity contribution in [2.45, 2.75) is 0 Å². The van der Waals surface area contributed by atoms with Crippen molar-refractivity contribution in [3.63, 3.8) is 0 Å². The maximum absolute atomic E-state index is 4.15. The fourth-order valence-corrected chi connectivity index (χ4v) is 0.822. The SMILES string of the molecule is C=CC=CC(=C)c1ccccn1. The van der Waals surface area contributed by atoms with E-state index in [-0.39, 0.29) is 0 Å². The number of rotatable bonds is 3. The number of aromatic nitrogens is 1. The van der Waals surface area contributed by atoms with E-state index in [1.165, 1.54) is 0 Å². The molecule has 0 bridgehead atoms. The van der Waals surface area contributed by atoms with Gasteiger partial charge in [-0.25, -0.2) is 0 Å². The topological polar surface area (TPSA) is 12.9 Å². The Hall–Kier alpha value is -1.63. The van der Waals surface area contributed by atoms with Crippen LogP contribution in [0.15, 0.2) is 55.8 Å². The molecule has 0 unspecified atom stereocenters. The van der Waals surface area contributed by atoms with Gasteiger partial charge in [-0.15, -0.1) is 0 Å². The lowest BCUT2D eigenvalue weighted by Crippen LogP contribution is -1.82. The summed E-state index contributed by atoms with van der Waals surface area (Å²) < 4.78 is 0. The maximum atomic E-state index is 4.15. The van der Waals surface area contributed by atoms with Crippen LogP contribution >= 0.6 is 0 Å². The van der Waals surface area contributed by atoms with E-state index in [1.807, 2.05) is 30.4 Å². The maximum Gasteiger partial charge on any atom is 0.0695 e. The number of hydrogen-bond acceptors (Lipinski definition) is 1. The number of hydrogen-bond donors (Lipinski definition) is 0. The average Bonchev–Trinajstić information content (AvgIpc) is 2.15. The molecule has 1 heteroatoms. The summed E-state index contributed by atoms with van der Waals surface area (Å²) in [5, 5.41) is 0. The molecule has 1 aromatic rings. The Morgan fingerprint density at radius 2 is 2.25 bits per heavy atom. The molecule has 0 aliphatic rings. The monoisotopic (exact) mass is 157 g/mol. The fraction of sp³-hybridized carbons (Fsp3) is 0. The molecule has 60 valence electrons. The third kappa shape index (κ3) is 2.20. The Bertz CT molecular complexity index is 296. The van der Waals surface area contributed by atoms with Crippen molar-refractivity contribution in [3.8, 4) is 0 Å². The molecule has 1 rings (SSSR count). The summed E-state index contributed by atoms with van der Waals surface area (Å²) in [7, 11) is 0. The summed E-state index contributed by atoms with van der Waals surface area (Å²) in [6.45, 7) is 7.44. The quantitative estimate of drug-likeness (QED) is 0.615. The van der Waals surface area contributed by atoms with Crippen molar-refractivity contribution < 1.29 is 0 Å². The third-order valence-electron chi connectivity index (χ3n) is 1.43. The van der Waals surface area contributed by atoms with E-state index in [1.54, 1.807) is 12.3 Å². The van der Waals surface area contributed by atoms with Crippen molar-refractivity contribution in [3.05, 3.63) is 61.5 Å². The zero-order valence-corrected chi connectivity index (χ0v) is 6.90. The first-order chi connectivity index (χ1) is 5.84. The molecular weight excluding hydrogens is 146 g/mol. The highest BCUT2D eigenvalue weighted by Gasteiger charge is 1.92. The lowest BCUT2D eigenvalue weighted by molar-refractivity contribution is 1.28. The van der Waals surface area contributed by atoms with Gasteiger partial charge in [-0.2, -0.15) is 0 Å². The molecular formula is C11H11N. The second-order valence-corrected chi connectivity index (χ2v) is 2.34. The van der Waals surface area contributed by atoms with Gasteiger partial charge in [-0.05, 0) is 17.7 Å². The standard InChI is InChI=1S/C11H11N/c1-3-4-7-10(2)11-8-5-6-9-12-11/h3-9H,1-2H2. The van der Waals surface area contributed by atoms with Crippen LogP contribution in [0, 0.1) is 0 Å². The van der Waals surface area contributed by atoms with Gasteiger partial charge in [0.05, 0.1) is 5.69 Å². The number of nitrogens with zero attached hydrogens (tertiary/aromatic N) is 1. The molecule has 0 aliphatic carbocycles. The van der Waals surface area contributed by atoms with Crippen LogP contribution in [0.2, 0.25) is 0 Å². The van der Waals surface area contributed by atoms with Crippen LogP contribution in [0.25, 0.3) is 5.57 Å². The molecule has 0 aromatic carbocycles. The van der Waals surface area contributed by atoms with Crippen molar-refractivity contribution in [2.24, 2.45) is 0 Å². The van der Waals surface area contributed by atoms with Gasteiger partial charge in [-0.1, -0.05) is 37.5 Å². The second-order valence-electron chi connectivity index (χ2n) is 2.34. The Labute approximate surface area is 72.8 Å². The Balaban J connectivity index is 2.79. The summed E-state index contributed by atoms with van der Waals surface area (Å²) in [5.74, 6) is 0. The molecule has 0 fully saturated rings. The second kappa shape index (κ2) is 4.29. The van der Waals surface area contributed by atoms with Crippen molar-refractivity contribution in [2.75, 3.05) is 0 Å². The lowest BCUT2D eigenvalue weighted by atomic mass is 10.2. The molecule has 0 spiro atoms. The molecule has 0 radical (unpaired) electrons. The Kier molecular flexibility index (Phi) is 3.03. The van der Waals surface area contributed by atoms with Gasteiger partial charge >= 0.3 is 0 Å². The molecule has 0 atom stereocenters. The van der Waals surface area contributed by atoms with Gasteiger partial charge in [0.25, 0.3) is 0 Å². The molecule has 0 saturated carbocycles. The van der Waals surface area contributed by atoms with E-state index in [4.69, 9.17) is 0 Å². The van der Waals surface area contributed by atoms with Gasteiger partial charge in [-0.3, -0.25) is 4.98 Å².